The van der Waals surface area contributed by atoms with Crippen molar-refractivity contribution in [2.24, 2.45) is 23.2 Å². The van der Waals surface area contributed by atoms with Crippen LogP contribution in [0.1, 0.15) is 38.5 Å². The first-order valence-electron chi connectivity index (χ1n) is 8.76. The molecule has 0 aromatic carbocycles. The van der Waals surface area contributed by atoms with Gasteiger partial charge in [0.05, 0.1) is 0 Å². The van der Waals surface area contributed by atoms with Crippen LogP contribution in [-0.4, -0.2) is 54.3 Å². The van der Waals surface area contributed by atoms with Crippen molar-refractivity contribution in [1.29, 1.82) is 0 Å². The van der Waals surface area contributed by atoms with Crippen LogP contribution in [0.5, 0.6) is 0 Å². The van der Waals surface area contributed by atoms with Gasteiger partial charge in [-0.15, -0.1) is 0 Å². The van der Waals surface area contributed by atoms with E-state index in [2.05, 4.69) is 5.32 Å². The Morgan fingerprint density at radius 1 is 1.13 bits per heavy atom. The van der Waals surface area contributed by atoms with E-state index in [9.17, 15) is 14.4 Å². The largest absolute Gasteiger partial charge is 0.354 e. The number of carbonyl (C=O) groups is 3. The van der Waals surface area contributed by atoms with Crippen LogP contribution >= 0.6 is 0 Å². The zero-order valence-electron chi connectivity index (χ0n) is 13.7. The number of nitrogens with zero attached hydrogens (tertiary/aromatic N) is 2. The molecule has 1 saturated heterocycles. The number of likely N-dealkylation sites (N-methyl/N-ethyl adjacent to an activating group) is 1. The summed E-state index contributed by atoms with van der Waals surface area (Å²) in [5.41, 5.74) is 0.278. The van der Waals surface area contributed by atoms with E-state index in [-0.39, 0.29) is 36.3 Å². The summed E-state index contributed by atoms with van der Waals surface area (Å²) in [4.78, 5) is 38.2. The fourth-order valence-electron chi connectivity index (χ4n) is 5.82. The standard InChI is InChI=1S/C17H25N3O3/c1-19-9-15(22)20(16(19)23)8-14(21)18-10-17-5-11-2-12(6-17)4-13(3-11)7-17/h11-13H,2-10H2,1H3,(H,18,21). The quantitative estimate of drug-likeness (QED) is 0.792. The van der Waals surface area contributed by atoms with Crippen LogP contribution in [-0.2, 0) is 9.59 Å². The van der Waals surface area contributed by atoms with Gasteiger partial charge in [-0.05, 0) is 61.7 Å². The first kappa shape index (κ1) is 15.0. The fourth-order valence-corrected chi connectivity index (χ4v) is 5.82. The number of rotatable bonds is 4. The molecule has 4 saturated carbocycles. The molecule has 1 heterocycles. The Bertz CT molecular complexity index is 524. The van der Waals surface area contributed by atoms with Crippen LogP contribution in [0.3, 0.4) is 0 Å². The molecule has 5 aliphatic rings. The zero-order valence-corrected chi connectivity index (χ0v) is 13.7. The van der Waals surface area contributed by atoms with Gasteiger partial charge in [0.2, 0.25) is 5.91 Å². The van der Waals surface area contributed by atoms with Gasteiger partial charge in [0.15, 0.2) is 0 Å². The smallest absolute Gasteiger partial charge is 0.327 e. The Hall–Kier alpha value is -1.59. The minimum Gasteiger partial charge on any atom is -0.354 e. The summed E-state index contributed by atoms with van der Waals surface area (Å²) in [7, 11) is 1.58. The Morgan fingerprint density at radius 2 is 1.70 bits per heavy atom. The van der Waals surface area contributed by atoms with Gasteiger partial charge >= 0.3 is 6.03 Å². The van der Waals surface area contributed by atoms with Crippen molar-refractivity contribution in [2.45, 2.75) is 38.5 Å². The monoisotopic (exact) mass is 319 g/mol. The normalized spacial score (nSPS) is 38.6. The summed E-state index contributed by atoms with van der Waals surface area (Å²) < 4.78 is 0. The lowest BCUT2D eigenvalue weighted by atomic mass is 9.49. The second kappa shape index (κ2) is 5.21. The maximum atomic E-state index is 12.2. The highest BCUT2D eigenvalue weighted by Gasteiger charge is 2.50. The van der Waals surface area contributed by atoms with E-state index < -0.39 is 0 Å². The molecule has 6 heteroatoms. The molecule has 5 fully saturated rings. The summed E-state index contributed by atoms with van der Waals surface area (Å²) in [6.45, 7) is 0.636. The minimum absolute atomic E-state index is 0.0705. The Kier molecular flexibility index (Phi) is 3.39. The number of carbonyl (C=O) groups excluding carboxylic acids is 3. The Morgan fingerprint density at radius 3 is 2.17 bits per heavy atom. The molecule has 1 N–H and O–H groups in total. The van der Waals surface area contributed by atoms with Gasteiger partial charge in [0, 0.05) is 13.6 Å². The summed E-state index contributed by atoms with van der Waals surface area (Å²) in [6.07, 6.45) is 7.87. The Balaban J connectivity index is 1.34. The molecule has 4 aliphatic carbocycles. The predicted octanol–water partition coefficient (Wildman–Crippen LogP) is 1.21. The molecule has 4 amide bonds. The fraction of sp³-hybridized carbons (Fsp3) is 0.824. The number of amides is 4. The van der Waals surface area contributed by atoms with E-state index in [0.717, 1.165) is 22.7 Å². The van der Waals surface area contributed by atoms with Gasteiger partial charge in [-0.25, -0.2) is 4.79 Å². The number of hydrogen-bond acceptors (Lipinski definition) is 3. The predicted molar refractivity (Wildman–Crippen MR) is 83.4 cm³/mol. The van der Waals surface area contributed by atoms with E-state index in [1.54, 1.807) is 7.05 Å². The van der Waals surface area contributed by atoms with Gasteiger partial charge in [0.1, 0.15) is 13.1 Å². The van der Waals surface area contributed by atoms with Gasteiger partial charge in [-0.2, -0.15) is 0 Å². The highest BCUT2D eigenvalue weighted by Crippen LogP contribution is 2.59. The molecule has 0 radical (unpaired) electrons. The van der Waals surface area contributed by atoms with E-state index in [4.69, 9.17) is 0 Å². The molecular weight excluding hydrogens is 294 g/mol. The van der Waals surface area contributed by atoms with Gasteiger partial charge in [-0.3, -0.25) is 14.5 Å². The number of urea groups is 1. The van der Waals surface area contributed by atoms with Crippen molar-refractivity contribution in [3.63, 3.8) is 0 Å². The summed E-state index contributed by atoms with van der Waals surface area (Å²) >= 11 is 0. The van der Waals surface area contributed by atoms with Crippen molar-refractivity contribution in [3.8, 4) is 0 Å². The van der Waals surface area contributed by atoms with Crippen LogP contribution in [0.2, 0.25) is 0 Å². The number of imide groups is 1. The van der Waals surface area contributed by atoms with Gasteiger partial charge < -0.3 is 10.2 Å². The first-order valence-corrected chi connectivity index (χ1v) is 8.76. The van der Waals surface area contributed by atoms with E-state index >= 15 is 0 Å². The van der Waals surface area contributed by atoms with Crippen LogP contribution in [0.15, 0.2) is 0 Å². The molecule has 6 nitrogen and oxygen atoms in total. The SMILES string of the molecule is CN1CC(=O)N(CC(=O)NCC23CC4CC(CC(C4)C2)C3)C1=O. The number of nitrogens with one attached hydrogen (secondary N) is 1. The first-order chi connectivity index (χ1) is 10.9. The van der Waals surface area contributed by atoms with Gasteiger partial charge in [-0.1, -0.05) is 0 Å². The lowest BCUT2D eigenvalue weighted by Gasteiger charge is -2.56. The van der Waals surface area contributed by atoms with E-state index in [1.165, 1.54) is 43.4 Å². The summed E-state index contributed by atoms with van der Waals surface area (Å²) in [6, 6.07) is -0.375. The summed E-state index contributed by atoms with van der Waals surface area (Å²) in [5.74, 6) is 2.07. The lowest BCUT2D eigenvalue weighted by molar-refractivity contribution is -0.131. The minimum atomic E-state index is -0.375. The molecule has 0 atom stereocenters. The van der Waals surface area contributed by atoms with Crippen molar-refractivity contribution in [3.05, 3.63) is 0 Å². The third-order valence-electron chi connectivity index (χ3n) is 6.36. The molecule has 4 bridgehead atoms. The molecule has 0 unspecified atom stereocenters. The van der Waals surface area contributed by atoms with Crippen LogP contribution in [0, 0.1) is 23.2 Å². The van der Waals surface area contributed by atoms with Crippen LogP contribution in [0.25, 0.3) is 0 Å². The zero-order chi connectivity index (χ0) is 16.2. The van der Waals surface area contributed by atoms with Crippen molar-refractivity contribution in [2.75, 3.05) is 26.7 Å². The molecule has 1 aliphatic heterocycles. The molecule has 0 aromatic heterocycles. The van der Waals surface area contributed by atoms with E-state index in [0.29, 0.717) is 6.54 Å². The molecule has 5 rings (SSSR count). The maximum Gasteiger partial charge on any atom is 0.327 e. The van der Waals surface area contributed by atoms with Gasteiger partial charge in [0.25, 0.3) is 5.91 Å². The van der Waals surface area contributed by atoms with Crippen molar-refractivity contribution in [1.82, 2.24) is 15.1 Å². The highest BCUT2D eigenvalue weighted by molar-refractivity contribution is 6.04. The molecule has 0 spiro atoms. The second-order valence-corrected chi connectivity index (χ2v) is 8.31. The maximum absolute atomic E-state index is 12.2. The number of hydrogen-bond donors (Lipinski definition) is 1. The third kappa shape index (κ3) is 2.62. The molecule has 23 heavy (non-hydrogen) atoms. The lowest BCUT2D eigenvalue weighted by Crippen LogP contribution is -2.52. The topological polar surface area (TPSA) is 69.7 Å². The van der Waals surface area contributed by atoms with Crippen molar-refractivity contribution >= 4 is 17.8 Å². The van der Waals surface area contributed by atoms with Crippen LogP contribution in [0.4, 0.5) is 4.79 Å². The summed E-state index contributed by atoms with van der Waals surface area (Å²) in [5, 5.41) is 3.02. The molecule has 0 aromatic rings. The average Bonchev–Trinajstić information content (AvgIpc) is 2.70. The second-order valence-electron chi connectivity index (χ2n) is 8.31. The molecular formula is C17H25N3O3. The highest BCUT2D eigenvalue weighted by atomic mass is 16.2. The Labute approximate surface area is 136 Å². The van der Waals surface area contributed by atoms with Crippen molar-refractivity contribution < 1.29 is 14.4 Å². The van der Waals surface area contributed by atoms with Crippen LogP contribution < -0.4 is 5.32 Å². The third-order valence-corrected chi connectivity index (χ3v) is 6.36. The molecule has 126 valence electrons. The average molecular weight is 319 g/mol. The van der Waals surface area contributed by atoms with E-state index in [1.807, 2.05) is 0 Å².